The molecule has 1 amide bonds. The maximum atomic E-state index is 12.1. The Hall–Kier alpha value is -2.73. The molecule has 0 saturated heterocycles. The molecule has 16 heteroatoms. The topological polar surface area (TPSA) is 189 Å². The zero-order valence-corrected chi connectivity index (χ0v) is 27.7. The SMILES string of the molecule is CC(=O)c1cccc(C(=O)NCCOCCOCCOCCOCCOCCOCCOCCOCCOCCOCCN=[N+]=N)c1. The Bertz CT molecular complexity index is 953. The summed E-state index contributed by atoms with van der Waals surface area (Å²) in [4.78, 5) is 26.5. The molecular formula is C31H53N4O12+. The van der Waals surface area contributed by atoms with Gasteiger partial charge in [-0.05, 0) is 19.1 Å². The van der Waals surface area contributed by atoms with Gasteiger partial charge in [0, 0.05) is 17.7 Å². The van der Waals surface area contributed by atoms with Gasteiger partial charge in [-0.25, -0.2) is 0 Å². The average molecular weight is 674 g/mol. The molecule has 0 unspecified atom stereocenters. The lowest BCUT2D eigenvalue weighted by molar-refractivity contribution is -0.0262. The van der Waals surface area contributed by atoms with E-state index in [1.165, 1.54) is 6.92 Å². The van der Waals surface area contributed by atoms with E-state index in [2.05, 4.69) is 15.3 Å². The lowest BCUT2D eigenvalue weighted by atomic mass is 10.1. The number of amides is 1. The van der Waals surface area contributed by atoms with Crippen LogP contribution in [0.3, 0.4) is 0 Å². The van der Waals surface area contributed by atoms with Crippen molar-refractivity contribution in [2.75, 3.05) is 145 Å². The number of rotatable bonds is 35. The van der Waals surface area contributed by atoms with Crippen LogP contribution < -0.4 is 10.2 Å². The van der Waals surface area contributed by atoms with E-state index in [9.17, 15) is 9.59 Å². The summed E-state index contributed by atoms with van der Waals surface area (Å²) in [5, 5.41) is 6.24. The molecule has 0 aliphatic heterocycles. The molecule has 16 nitrogen and oxygen atoms in total. The van der Waals surface area contributed by atoms with Crippen molar-refractivity contribution in [1.29, 1.82) is 5.53 Å². The van der Waals surface area contributed by atoms with Gasteiger partial charge in [-0.1, -0.05) is 12.1 Å². The summed E-state index contributed by atoms with van der Waals surface area (Å²) in [6.07, 6.45) is 0. The molecule has 0 saturated carbocycles. The first-order valence-corrected chi connectivity index (χ1v) is 15.8. The molecule has 0 aromatic heterocycles. The van der Waals surface area contributed by atoms with Crippen LogP contribution in [-0.4, -0.2) is 157 Å². The first-order valence-electron chi connectivity index (χ1n) is 15.8. The third kappa shape index (κ3) is 28.0. The zero-order chi connectivity index (χ0) is 33.9. The summed E-state index contributed by atoms with van der Waals surface area (Å²) in [6, 6.07) is 6.61. The third-order valence-electron chi connectivity index (χ3n) is 5.82. The number of hydrogen-bond donors (Lipinski definition) is 2. The average Bonchev–Trinajstić information content (AvgIpc) is 3.08. The van der Waals surface area contributed by atoms with Gasteiger partial charge in [0.15, 0.2) is 5.78 Å². The third-order valence-corrected chi connectivity index (χ3v) is 5.82. The first-order chi connectivity index (χ1) is 23.1. The van der Waals surface area contributed by atoms with Gasteiger partial charge < -0.3 is 52.7 Å². The quantitative estimate of drug-likeness (QED) is 0.0456. The number of benzene rings is 1. The standard InChI is InChI=1S/C31H52N4O12/c1-28(36)29-3-2-4-30(27-29)31(37)33-5-7-38-9-11-40-13-15-42-17-19-44-21-23-46-25-26-47-24-22-45-20-18-43-16-14-41-12-10-39-8-6-34-35-32/h2-4,27,32H,5-26H2,1H3/p+1. The van der Waals surface area contributed by atoms with E-state index in [1.807, 2.05) is 0 Å². The molecule has 2 N–H and O–H groups in total. The summed E-state index contributed by atoms with van der Waals surface area (Å²) in [6.45, 7) is 11.5. The van der Waals surface area contributed by atoms with E-state index < -0.39 is 0 Å². The van der Waals surface area contributed by atoms with E-state index in [0.29, 0.717) is 156 Å². The number of nitrogens with zero attached hydrogens (tertiary/aromatic N) is 2. The predicted molar refractivity (Wildman–Crippen MR) is 169 cm³/mol. The van der Waals surface area contributed by atoms with Gasteiger partial charge in [-0.2, -0.15) is 0 Å². The Morgan fingerprint density at radius 1 is 0.574 bits per heavy atom. The highest BCUT2D eigenvalue weighted by molar-refractivity contribution is 5.99. The summed E-state index contributed by atoms with van der Waals surface area (Å²) in [5.74, 6) is -0.327. The molecule has 0 bridgehead atoms. The second-order valence-corrected chi connectivity index (χ2v) is 9.48. The van der Waals surface area contributed by atoms with Gasteiger partial charge >= 0.3 is 0 Å². The van der Waals surface area contributed by atoms with Crippen molar-refractivity contribution < 1.29 is 57.0 Å². The Balaban J connectivity index is 1.69. The fourth-order valence-corrected chi connectivity index (χ4v) is 3.45. The highest BCUT2D eigenvalue weighted by Crippen LogP contribution is 2.06. The number of carbonyl (C=O) groups excluding carboxylic acids is 2. The number of ketones is 1. The van der Waals surface area contributed by atoms with Gasteiger partial charge in [-0.15, -0.1) is 0 Å². The number of carbonyl (C=O) groups is 2. The molecular weight excluding hydrogens is 620 g/mol. The Kier molecular flexibility index (Phi) is 29.9. The number of hydrogen-bond acceptors (Lipinski definition) is 14. The fourth-order valence-electron chi connectivity index (χ4n) is 3.45. The Morgan fingerprint density at radius 2 is 0.915 bits per heavy atom. The first kappa shape index (κ1) is 42.3. The molecule has 47 heavy (non-hydrogen) atoms. The van der Waals surface area contributed by atoms with Crippen LogP contribution in [0.4, 0.5) is 0 Å². The van der Waals surface area contributed by atoms with Crippen molar-refractivity contribution >= 4 is 11.7 Å². The lowest BCUT2D eigenvalue weighted by Gasteiger charge is -2.09. The number of nitrogens with one attached hydrogen (secondary N) is 2. The zero-order valence-electron chi connectivity index (χ0n) is 27.7. The van der Waals surface area contributed by atoms with Gasteiger partial charge in [0.2, 0.25) is 4.91 Å². The second-order valence-electron chi connectivity index (χ2n) is 9.48. The van der Waals surface area contributed by atoms with Crippen molar-refractivity contribution in [3.05, 3.63) is 35.4 Å². The largest absolute Gasteiger partial charge is 0.377 e. The number of ether oxygens (including phenoxy) is 10. The van der Waals surface area contributed by atoms with Gasteiger partial charge in [-0.3, -0.25) is 9.59 Å². The molecule has 268 valence electrons. The van der Waals surface area contributed by atoms with Crippen LogP contribution in [0.1, 0.15) is 27.6 Å². The summed E-state index contributed by atoms with van der Waals surface area (Å²) >= 11 is 0. The lowest BCUT2D eigenvalue weighted by Crippen LogP contribution is -2.27. The molecule has 1 aromatic rings. The smallest absolute Gasteiger partial charge is 0.251 e. The van der Waals surface area contributed by atoms with E-state index in [0.717, 1.165) is 0 Å². The molecule has 0 aliphatic carbocycles. The molecule has 0 atom stereocenters. The van der Waals surface area contributed by atoms with Crippen LogP contribution in [0.15, 0.2) is 29.4 Å². The van der Waals surface area contributed by atoms with Crippen molar-refractivity contribution in [3.8, 4) is 0 Å². The Morgan fingerprint density at radius 3 is 1.28 bits per heavy atom. The van der Waals surface area contributed by atoms with Gasteiger partial charge in [0.25, 0.3) is 5.91 Å². The van der Waals surface area contributed by atoms with Crippen LogP contribution in [0.2, 0.25) is 0 Å². The molecule has 0 radical (unpaired) electrons. The van der Waals surface area contributed by atoms with Crippen LogP contribution in [0.5, 0.6) is 0 Å². The molecule has 0 heterocycles. The minimum Gasteiger partial charge on any atom is -0.377 e. The molecule has 0 aliphatic rings. The second kappa shape index (κ2) is 33.2. The van der Waals surface area contributed by atoms with Crippen molar-refractivity contribution in [1.82, 2.24) is 10.2 Å². The minimum atomic E-state index is -0.245. The van der Waals surface area contributed by atoms with Crippen molar-refractivity contribution in [2.45, 2.75) is 6.92 Å². The molecule has 1 rings (SSSR count). The van der Waals surface area contributed by atoms with Crippen LogP contribution in [-0.2, 0) is 47.4 Å². The van der Waals surface area contributed by atoms with Crippen molar-refractivity contribution in [3.63, 3.8) is 0 Å². The van der Waals surface area contributed by atoms with Crippen molar-refractivity contribution in [2.24, 2.45) is 5.11 Å². The Labute approximate surface area is 277 Å². The van der Waals surface area contributed by atoms with E-state index >= 15 is 0 Å². The van der Waals surface area contributed by atoms with Gasteiger partial charge in [0.1, 0.15) is 17.2 Å². The fraction of sp³-hybridized carbons (Fsp3) is 0.742. The monoisotopic (exact) mass is 673 g/mol. The van der Waals surface area contributed by atoms with E-state index in [4.69, 9.17) is 52.9 Å². The predicted octanol–water partition coefficient (Wildman–Crippen LogP) is 1.34. The van der Waals surface area contributed by atoms with E-state index in [1.54, 1.807) is 24.3 Å². The maximum Gasteiger partial charge on any atom is 0.251 e. The normalized spacial score (nSPS) is 11.0. The van der Waals surface area contributed by atoms with Gasteiger partial charge in [0.05, 0.1) is 132 Å². The highest BCUT2D eigenvalue weighted by atomic mass is 16.6. The summed E-state index contributed by atoms with van der Waals surface area (Å²) < 4.78 is 54.2. The number of Topliss-reactive ketones (excluding diaryl/α,β-unsaturated/α-hetero) is 1. The molecule has 1 aromatic carbocycles. The van der Waals surface area contributed by atoms with Crippen LogP contribution in [0, 0.1) is 5.53 Å². The molecule has 0 spiro atoms. The summed E-state index contributed by atoms with van der Waals surface area (Å²) in [5.41, 5.74) is 7.46. The summed E-state index contributed by atoms with van der Waals surface area (Å²) in [7, 11) is 0. The van der Waals surface area contributed by atoms with Crippen LogP contribution >= 0.6 is 0 Å². The highest BCUT2D eigenvalue weighted by Gasteiger charge is 2.07. The van der Waals surface area contributed by atoms with Crippen LogP contribution in [0.25, 0.3) is 0 Å². The maximum absolute atomic E-state index is 12.1. The molecule has 0 fully saturated rings. The minimum absolute atomic E-state index is 0.0820. The van der Waals surface area contributed by atoms with E-state index in [-0.39, 0.29) is 11.7 Å².